The molecule has 0 radical (unpaired) electrons. The molecule has 0 bridgehead atoms. The lowest BCUT2D eigenvalue weighted by atomic mass is 10.2. The lowest BCUT2D eigenvalue weighted by Crippen LogP contribution is -2.14. The summed E-state index contributed by atoms with van der Waals surface area (Å²) in [4.78, 5) is 0. The van der Waals surface area contributed by atoms with Crippen LogP contribution in [0.3, 0.4) is 0 Å². The minimum Gasteiger partial charge on any atom is -0.384 e. The summed E-state index contributed by atoms with van der Waals surface area (Å²) in [5.74, 6) is -0.188. The summed E-state index contributed by atoms with van der Waals surface area (Å²) < 4.78 is 34.6. The van der Waals surface area contributed by atoms with Crippen molar-refractivity contribution in [2.75, 3.05) is 23.9 Å². The van der Waals surface area contributed by atoms with Crippen LogP contribution in [0.25, 0.3) is 0 Å². The SMILES string of the molecule is Cc1cc(NCCS(C)(=O)=O)ccc1F. The third-order valence-electron chi connectivity index (χ3n) is 1.96. The van der Waals surface area contributed by atoms with Gasteiger partial charge in [0.25, 0.3) is 0 Å². The summed E-state index contributed by atoms with van der Waals surface area (Å²) in [5.41, 5.74) is 1.27. The van der Waals surface area contributed by atoms with Crippen molar-refractivity contribution in [2.24, 2.45) is 0 Å². The van der Waals surface area contributed by atoms with Crippen molar-refractivity contribution >= 4 is 15.5 Å². The van der Waals surface area contributed by atoms with Crippen LogP contribution in [0, 0.1) is 12.7 Å². The molecule has 5 heteroatoms. The van der Waals surface area contributed by atoms with Gasteiger partial charge in [-0.1, -0.05) is 0 Å². The summed E-state index contributed by atoms with van der Waals surface area (Å²) in [5, 5.41) is 2.92. The summed E-state index contributed by atoms with van der Waals surface area (Å²) in [7, 11) is -2.95. The fourth-order valence-corrected chi connectivity index (χ4v) is 1.61. The second-order valence-corrected chi connectivity index (χ2v) is 5.78. The van der Waals surface area contributed by atoms with Gasteiger partial charge in [0.2, 0.25) is 0 Å². The van der Waals surface area contributed by atoms with E-state index in [0.29, 0.717) is 12.1 Å². The maximum absolute atomic E-state index is 12.9. The van der Waals surface area contributed by atoms with Gasteiger partial charge in [-0.2, -0.15) is 0 Å². The minimum atomic E-state index is -2.95. The molecule has 84 valence electrons. The Morgan fingerprint density at radius 3 is 2.60 bits per heavy atom. The van der Waals surface area contributed by atoms with Crippen LogP contribution >= 0.6 is 0 Å². The average Bonchev–Trinajstić information content (AvgIpc) is 2.09. The largest absolute Gasteiger partial charge is 0.384 e. The topological polar surface area (TPSA) is 46.2 Å². The standard InChI is InChI=1S/C10H14FNO2S/c1-8-7-9(3-4-10(8)11)12-5-6-15(2,13)14/h3-4,7,12H,5-6H2,1-2H3. The van der Waals surface area contributed by atoms with Crippen LogP contribution in [0.15, 0.2) is 18.2 Å². The van der Waals surface area contributed by atoms with Crippen molar-refractivity contribution in [2.45, 2.75) is 6.92 Å². The molecule has 15 heavy (non-hydrogen) atoms. The first-order valence-electron chi connectivity index (χ1n) is 4.56. The molecule has 0 aromatic heterocycles. The Labute approximate surface area is 89.2 Å². The molecule has 1 aromatic carbocycles. The van der Waals surface area contributed by atoms with Crippen molar-refractivity contribution in [3.63, 3.8) is 0 Å². The molecule has 0 aliphatic rings. The van der Waals surface area contributed by atoms with Gasteiger partial charge in [0, 0.05) is 18.5 Å². The number of aryl methyl sites for hydroxylation is 1. The normalized spacial score (nSPS) is 11.4. The molecular formula is C10H14FNO2S. The number of nitrogens with one attached hydrogen (secondary N) is 1. The summed E-state index contributed by atoms with van der Waals surface area (Å²) in [6.45, 7) is 2.00. The van der Waals surface area contributed by atoms with Crippen molar-refractivity contribution in [1.29, 1.82) is 0 Å². The predicted octanol–water partition coefficient (Wildman–Crippen LogP) is 1.59. The molecule has 0 heterocycles. The first-order valence-corrected chi connectivity index (χ1v) is 6.62. The maximum atomic E-state index is 12.9. The average molecular weight is 231 g/mol. The first kappa shape index (κ1) is 12.0. The van der Waals surface area contributed by atoms with E-state index >= 15 is 0 Å². The van der Waals surface area contributed by atoms with Gasteiger partial charge in [-0.15, -0.1) is 0 Å². The van der Waals surface area contributed by atoms with Crippen LogP contribution in [0.5, 0.6) is 0 Å². The van der Waals surface area contributed by atoms with Gasteiger partial charge in [0.1, 0.15) is 15.7 Å². The third kappa shape index (κ3) is 4.29. The van der Waals surface area contributed by atoms with Crippen LogP contribution in [0.1, 0.15) is 5.56 Å². The van der Waals surface area contributed by atoms with E-state index in [1.807, 2.05) is 0 Å². The fourth-order valence-electron chi connectivity index (χ4n) is 1.14. The number of hydrogen-bond donors (Lipinski definition) is 1. The van der Waals surface area contributed by atoms with Crippen molar-refractivity contribution in [3.8, 4) is 0 Å². The zero-order chi connectivity index (χ0) is 11.5. The summed E-state index contributed by atoms with van der Waals surface area (Å²) in [6, 6.07) is 4.60. The van der Waals surface area contributed by atoms with E-state index in [4.69, 9.17) is 0 Å². The highest BCUT2D eigenvalue weighted by Gasteiger charge is 2.02. The van der Waals surface area contributed by atoms with Gasteiger partial charge in [-0.3, -0.25) is 0 Å². The molecule has 0 aliphatic carbocycles. The number of halogens is 1. The van der Waals surface area contributed by atoms with Gasteiger partial charge >= 0.3 is 0 Å². The van der Waals surface area contributed by atoms with Crippen LogP contribution < -0.4 is 5.32 Å². The highest BCUT2D eigenvalue weighted by molar-refractivity contribution is 7.90. The Bertz CT molecular complexity index is 443. The lowest BCUT2D eigenvalue weighted by molar-refractivity contribution is 0.602. The van der Waals surface area contributed by atoms with Gasteiger partial charge < -0.3 is 5.32 Å². The van der Waals surface area contributed by atoms with Crippen LogP contribution in [-0.4, -0.2) is 27.0 Å². The Kier molecular flexibility index (Phi) is 3.68. The molecule has 0 saturated heterocycles. The van der Waals surface area contributed by atoms with E-state index in [-0.39, 0.29) is 11.6 Å². The molecule has 0 saturated carbocycles. The second-order valence-electron chi connectivity index (χ2n) is 3.52. The second kappa shape index (κ2) is 4.61. The molecule has 0 amide bonds. The molecular weight excluding hydrogens is 217 g/mol. The van der Waals surface area contributed by atoms with E-state index in [2.05, 4.69) is 5.32 Å². The number of hydrogen-bond acceptors (Lipinski definition) is 3. The highest BCUT2D eigenvalue weighted by atomic mass is 32.2. The Balaban J connectivity index is 2.55. The Morgan fingerprint density at radius 1 is 1.40 bits per heavy atom. The highest BCUT2D eigenvalue weighted by Crippen LogP contribution is 2.13. The number of anilines is 1. The molecule has 1 N–H and O–H groups in total. The van der Waals surface area contributed by atoms with Crippen molar-refractivity contribution in [1.82, 2.24) is 0 Å². The van der Waals surface area contributed by atoms with E-state index in [1.54, 1.807) is 19.1 Å². The van der Waals surface area contributed by atoms with Crippen molar-refractivity contribution < 1.29 is 12.8 Å². The molecule has 0 spiro atoms. The smallest absolute Gasteiger partial charge is 0.149 e. The van der Waals surface area contributed by atoms with Crippen LogP contribution in [0.4, 0.5) is 10.1 Å². The molecule has 1 aromatic rings. The lowest BCUT2D eigenvalue weighted by Gasteiger charge is -2.06. The zero-order valence-corrected chi connectivity index (χ0v) is 9.57. The molecule has 1 rings (SSSR count). The van der Waals surface area contributed by atoms with Gasteiger partial charge in [-0.05, 0) is 30.7 Å². The van der Waals surface area contributed by atoms with Crippen molar-refractivity contribution in [3.05, 3.63) is 29.6 Å². The van der Waals surface area contributed by atoms with E-state index < -0.39 is 9.84 Å². The molecule has 3 nitrogen and oxygen atoms in total. The Hall–Kier alpha value is -1.10. The van der Waals surface area contributed by atoms with Crippen LogP contribution in [-0.2, 0) is 9.84 Å². The van der Waals surface area contributed by atoms with Gasteiger partial charge in [0.05, 0.1) is 5.75 Å². The van der Waals surface area contributed by atoms with E-state index in [0.717, 1.165) is 5.69 Å². The molecule has 0 atom stereocenters. The maximum Gasteiger partial charge on any atom is 0.149 e. The molecule has 0 unspecified atom stereocenters. The van der Waals surface area contributed by atoms with Gasteiger partial charge in [0.15, 0.2) is 0 Å². The fraction of sp³-hybridized carbons (Fsp3) is 0.400. The first-order chi connectivity index (χ1) is 6.88. The third-order valence-corrected chi connectivity index (χ3v) is 2.91. The van der Waals surface area contributed by atoms with E-state index in [9.17, 15) is 12.8 Å². The minimum absolute atomic E-state index is 0.0728. The number of sulfone groups is 1. The zero-order valence-electron chi connectivity index (χ0n) is 8.75. The molecule has 0 fully saturated rings. The van der Waals surface area contributed by atoms with E-state index in [1.165, 1.54) is 12.3 Å². The predicted molar refractivity (Wildman–Crippen MR) is 59.3 cm³/mol. The summed E-state index contributed by atoms with van der Waals surface area (Å²) >= 11 is 0. The summed E-state index contributed by atoms with van der Waals surface area (Å²) in [6.07, 6.45) is 1.19. The molecule has 0 aliphatic heterocycles. The van der Waals surface area contributed by atoms with Gasteiger partial charge in [-0.25, -0.2) is 12.8 Å². The quantitative estimate of drug-likeness (QED) is 0.856. The number of benzene rings is 1. The monoisotopic (exact) mass is 231 g/mol. The van der Waals surface area contributed by atoms with Crippen LogP contribution in [0.2, 0.25) is 0 Å². The number of rotatable bonds is 4. The Morgan fingerprint density at radius 2 is 2.07 bits per heavy atom.